The van der Waals surface area contributed by atoms with Crippen molar-refractivity contribution in [3.63, 3.8) is 0 Å². The number of allylic oxidation sites excluding steroid dienone is 29. The summed E-state index contributed by atoms with van der Waals surface area (Å²) in [5, 5.41) is 0. The Labute approximate surface area is 472 Å². The number of hydrogen-bond donors (Lipinski definition) is 0. The number of esters is 3. The van der Waals surface area contributed by atoms with Crippen LogP contribution in [-0.4, -0.2) is 37.2 Å². The summed E-state index contributed by atoms with van der Waals surface area (Å²) in [5.74, 6) is -1.11. The van der Waals surface area contributed by atoms with Gasteiger partial charge in [0.25, 0.3) is 0 Å². The molecule has 0 spiro atoms. The van der Waals surface area contributed by atoms with Gasteiger partial charge in [-0.15, -0.1) is 0 Å². The Hall–Kier alpha value is -5.49. The normalized spacial score (nSPS) is 13.4. The highest BCUT2D eigenvalue weighted by Gasteiger charge is 2.19. The first-order chi connectivity index (χ1) is 38.0. The minimum Gasteiger partial charge on any atom is -0.462 e. The molecule has 0 amide bonds. The molecule has 0 aliphatic carbocycles. The average Bonchev–Trinajstić information content (AvgIpc) is 3.43. The predicted octanol–water partition coefficient (Wildman–Crippen LogP) is 20.9. The smallest absolute Gasteiger partial charge is 0.310 e. The molecule has 428 valence electrons. The molecular weight excluding hydrogens is 949 g/mol. The van der Waals surface area contributed by atoms with E-state index in [-0.39, 0.29) is 31.6 Å². The molecule has 1 atom stereocenters. The van der Waals surface area contributed by atoms with Crippen molar-refractivity contribution < 1.29 is 28.6 Å². The molecule has 1 unspecified atom stereocenters. The first-order valence-corrected chi connectivity index (χ1v) is 30.3. The lowest BCUT2D eigenvalue weighted by molar-refractivity contribution is -0.166. The zero-order chi connectivity index (χ0) is 55.7. The van der Waals surface area contributed by atoms with Gasteiger partial charge < -0.3 is 14.2 Å². The topological polar surface area (TPSA) is 78.9 Å². The van der Waals surface area contributed by atoms with E-state index in [9.17, 15) is 14.4 Å². The van der Waals surface area contributed by atoms with E-state index in [0.29, 0.717) is 19.3 Å². The maximum absolute atomic E-state index is 12.8. The van der Waals surface area contributed by atoms with Crippen molar-refractivity contribution in [3.8, 4) is 0 Å². The minimum absolute atomic E-state index is 0.0818. The Morgan fingerprint density at radius 1 is 0.286 bits per heavy atom. The first kappa shape index (κ1) is 71.5. The Kier molecular flexibility index (Phi) is 58.6. The van der Waals surface area contributed by atoms with Gasteiger partial charge in [0.05, 0.1) is 6.42 Å². The molecule has 77 heavy (non-hydrogen) atoms. The maximum Gasteiger partial charge on any atom is 0.310 e. The number of carbonyl (C=O) groups excluding carboxylic acids is 3. The van der Waals surface area contributed by atoms with Gasteiger partial charge in [0, 0.05) is 12.8 Å². The summed E-state index contributed by atoms with van der Waals surface area (Å²) in [5.41, 5.74) is 0. The number of ether oxygens (including phenoxy) is 3. The van der Waals surface area contributed by atoms with E-state index in [1.807, 2.05) is 6.08 Å². The molecule has 0 radical (unpaired) electrons. The van der Waals surface area contributed by atoms with Crippen molar-refractivity contribution in [2.75, 3.05) is 13.2 Å². The molecule has 0 aromatic heterocycles. The van der Waals surface area contributed by atoms with Gasteiger partial charge in [0.2, 0.25) is 0 Å². The molecule has 0 heterocycles. The standard InChI is InChI=1S/C71H108O6/c1-4-7-10-13-16-19-22-24-26-27-28-29-30-31-32-33-34-35-36-37-38-39-40-41-42-43-45-46-49-52-55-58-61-64-70(73)76-67-68(66-75-69(72)63-60-57-54-51-48-21-18-15-12-9-6-3)77-71(74)65-62-59-56-53-50-47-44-25-23-20-17-14-11-8-5-2/h7-8,10-11,15-20,24-26,28-29,31-32,34-35,37-38,40-41,43-45,50,53,59,62,68H,4-6,9,12-14,21-23,27,30,33,36,39,42,46-49,51-52,54-58,60-61,63-67H2,1-3H3/b10-7-,11-8-,18-15-,19-16-,20-17-,26-24-,29-28-,32-31-,35-34-,38-37-,41-40-,44-25-,45-43-,53-50-,62-59-. The SMILES string of the molecule is CC/C=C\C/C=C\C/C=C\C/C=C\C/C=C\C/C=C\C/C=C\C/C=C\C/C=C\CCCCCCCC(=O)OCC(COC(=O)CCCCCCC/C=C\CCCC)OC(=O)C/C=C\C/C=C\C/C=C\C/C=C\C/C=C\CC. The molecule has 0 saturated heterocycles. The van der Waals surface area contributed by atoms with Crippen molar-refractivity contribution in [1.29, 1.82) is 0 Å². The van der Waals surface area contributed by atoms with Crippen LogP contribution in [-0.2, 0) is 28.6 Å². The molecule has 0 aliphatic rings. The third kappa shape index (κ3) is 61.2. The Morgan fingerprint density at radius 2 is 0.545 bits per heavy atom. The fourth-order valence-corrected chi connectivity index (χ4v) is 7.43. The zero-order valence-corrected chi connectivity index (χ0v) is 48.9. The minimum atomic E-state index is -0.853. The van der Waals surface area contributed by atoms with Crippen LogP contribution in [0.1, 0.15) is 226 Å². The third-order valence-corrected chi connectivity index (χ3v) is 11.9. The quantitative estimate of drug-likeness (QED) is 0.0261. The molecule has 0 bridgehead atoms. The zero-order valence-electron chi connectivity index (χ0n) is 48.9. The van der Waals surface area contributed by atoms with Crippen LogP contribution in [0, 0.1) is 0 Å². The van der Waals surface area contributed by atoms with E-state index in [4.69, 9.17) is 14.2 Å². The van der Waals surface area contributed by atoms with E-state index < -0.39 is 12.1 Å². The van der Waals surface area contributed by atoms with Gasteiger partial charge in [-0.25, -0.2) is 0 Å². The molecule has 6 heteroatoms. The van der Waals surface area contributed by atoms with Crippen LogP contribution >= 0.6 is 0 Å². The molecule has 0 aromatic carbocycles. The Balaban J connectivity index is 4.38. The number of rotatable bonds is 52. The summed E-state index contributed by atoms with van der Waals surface area (Å²) < 4.78 is 16.7. The van der Waals surface area contributed by atoms with E-state index in [1.54, 1.807) is 6.08 Å². The van der Waals surface area contributed by atoms with Gasteiger partial charge in [-0.1, -0.05) is 254 Å². The van der Waals surface area contributed by atoms with E-state index >= 15 is 0 Å². The third-order valence-electron chi connectivity index (χ3n) is 11.9. The van der Waals surface area contributed by atoms with Crippen molar-refractivity contribution in [1.82, 2.24) is 0 Å². The first-order valence-electron chi connectivity index (χ1n) is 30.3. The summed E-state index contributed by atoms with van der Waals surface area (Å²) in [6.45, 7) is 6.24. The number of hydrogen-bond acceptors (Lipinski definition) is 6. The second-order valence-electron chi connectivity index (χ2n) is 19.2. The summed E-state index contributed by atoms with van der Waals surface area (Å²) in [7, 11) is 0. The van der Waals surface area contributed by atoms with Crippen LogP contribution in [0.5, 0.6) is 0 Å². The van der Waals surface area contributed by atoms with Gasteiger partial charge >= 0.3 is 17.9 Å². The van der Waals surface area contributed by atoms with Crippen molar-refractivity contribution in [2.45, 2.75) is 232 Å². The van der Waals surface area contributed by atoms with Crippen molar-refractivity contribution in [3.05, 3.63) is 182 Å². The lowest BCUT2D eigenvalue weighted by atomic mass is 10.1. The van der Waals surface area contributed by atoms with Crippen LogP contribution in [0.2, 0.25) is 0 Å². The molecule has 0 saturated carbocycles. The summed E-state index contributed by atoms with van der Waals surface area (Å²) in [4.78, 5) is 38.0. The van der Waals surface area contributed by atoms with Gasteiger partial charge in [-0.2, -0.15) is 0 Å². The molecule has 0 N–H and O–H groups in total. The molecular formula is C71H108O6. The molecule has 0 rings (SSSR count). The van der Waals surface area contributed by atoms with Gasteiger partial charge in [0.1, 0.15) is 13.2 Å². The predicted molar refractivity (Wildman–Crippen MR) is 334 cm³/mol. The fraction of sp³-hybridized carbons (Fsp3) is 0.535. The van der Waals surface area contributed by atoms with Crippen molar-refractivity contribution >= 4 is 17.9 Å². The van der Waals surface area contributed by atoms with Crippen LogP contribution in [0.15, 0.2) is 182 Å². The van der Waals surface area contributed by atoms with Gasteiger partial charge in [-0.05, 0) is 135 Å². The second-order valence-corrected chi connectivity index (χ2v) is 19.2. The summed E-state index contributed by atoms with van der Waals surface area (Å²) in [6, 6.07) is 0. The van der Waals surface area contributed by atoms with Gasteiger partial charge in [-0.3, -0.25) is 14.4 Å². The highest BCUT2D eigenvalue weighted by Crippen LogP contribution is 2.12. The second kappa shape index (κ2) is 63.0. The average molecular weight is 1060 g/mol. The highest BCUT2D eigenvalue weighted by atomic mass is 16.6. The Morgan fingerprint density at radius 3 is 0.870 bits per heavy atom. The van der Waals surface area contributed by atoms with Crippen LogP contribution < -0.4 is 0 Å². The highest BCUT2D eigenvalue weighted by molar-refractivity contribution is 5.72. The maximum atomic E-state index is 12.8. The van der Waals surface area contributed by atoms with Crippen molar-refractivity contribution in [2.24, 2.45) is 0 Å². The van der Waals surface area contributed by atoms with Gasteiger partial charge in [0.15, 0.2) is 6.10 Å². The summed E-state index contributed by atoms with van der Waals surface area (Å²) in [6.07, 6.45) is 95.0. The lowest BCUT2D eigenvalue weighted by Crippen LogP contribution is -2.30. The lowest BCUT2D eigenvalue weighted by Gasteiger charge is -2.18. The van der Waals surface area contributed by atoms with Crippen LogP contribution in [0.3, 0.4) is 0 Å². The largest absolute Gasteiger partial charge is 0.462 e. The Bertz CT molecular complexity index is 1840. The van der Waals surface area contributed by atoms with E-state index in [1.165, 1.54) is 19.3 Å². The number of carbonyl (C=O) groups is 3. The van der Waals surface area contributed by atoms with Crippen LogP contribution in [0.25, 0.3) is 0 Å². The monoisotopic (exact) mass is 1060 g/mol. The van der Waals surface area contributed by atoms with Crippen LogP contribution in [0.4, 0.5) is 0 Å². The van der Waals surface area contributed by atoms with E-state index in [0.717, 1.165) is 161 Å². The molecule has 0 fully saturated rings. The summed E-state index contributed by atoms with van der Waals surface area (Å²) >= 11 is 0. The number of unbranched alkanes of at least 4 members (excludes halogenated alkanes) is 12. The van der Waals surface area contributed by atoms with E-state index in [2.05, 4.69) is 191 Å². The molecule has 0 aliphatic heterocycles. The molecule has 0 aromatic rings. The molecule has 6 nitrogen and oxygen atoms in total. The fourth-order valence-electron chi connectivity index (χ4n) is 7.43.